The molecule has 0 saturated heterocycles. The molecule has 0 fully saturated rings. The Hall–Kier alpha value is -0.160. The van der Waals surface area contributed by atoms with Crippen molar-refractivity contribution in [2.75, 3.05) is 0 Å². The van der Waals surface area contributed by atoms with E-state index < -0.39 is 15.7 Å². The Morgan fingerprint density at radius 3 is 1.86 bits per heavy atom. The van der Waals surface area contributed by atoms with Crippen LogP contribution < -0.4 is 0 Å². The molecule has 0 aromatic carbocycles. The Kier molecular flexibility index (Phi) is 1.71. The first-order valence-corrected chi connectivity index (χ1v) is 3.01. The summed E-state index contributed by atoms with van der Waals surface area (Å²) in [6, 6.07) is 0. The molecule has 0 aromatic heterocycles. The normalized spacial score (nSPS) is 16.4. The highest BCUT2D eigenvalue weighted by Crippen LogP contribution is 1.95. The fraction of sp³-hybridized carbons (Fsp3) is 1.00. The summed E-state index contributed by atoms with van der Waals surface area (Å²) in [4.78, 5) is 0. The highest BCUT2D eigenvalue weighted by molar-refractivity contribution is 7.86. The van der Waals surface area contributed by atoms with Gasteiger partial charge in [0.2, 0.25) is 0 Å². The fourth-order valence-electron chi connectivity index (χ4n) is 0. The summed E-state index contributed by atoms with van der Waals surface area (Å²) < 4.78 is 30.1. The van der Waals surface area contributed by atoms with Crippen LogP contribution in [0, 0.1) is 0 Å². The minimum atomic E-state index is -4.69. The van der Waals surface area contributed by atoms with Crippen LogP contribution in [0.1, 0.15) is 6.92 Å². The van der Waals surface area contributed by atoms with Gasteiger partial charge in [0, 0.05) is 0 Å². The van der Waals surface area contributed by atoms with Crippen molar-refractivity contribution < 1.29 is 17.4 Å². The van der Waals surface area contributed by atoms with E-state index in [-0.39, 0.29) is 0 Å². The molecule has 44 valence electrons. The van der Waals surface area contributed by atoms with Crippen LogP contribution in [0.5, 0.6) is 0 Å². The second-order valence-corrected chi connectivity index (χ2v) is 2.71. The number of rotatable bonds is 1. The van der Waals surface area contributed by atoms with Crippen LogP contribution in [0.3, 0.4) is 0 Å². The van der Waals surface area contributed by atoms with Crippen molar-refractivity contribution in [2.24, 2.45) is 0 Å². The van der Waals surface area contributed by atoms with Gasteiger partial charge in [-0.1, -0.05) is 0 Å². The fourth-order valence-corrected chi connectivity index (χ4v) is 0. The van der Waals surface area contributed by atoms with Crippen LogP contribution in [-0.4, -0.2) is 19.0 Å². The average Bonchev–Trinajstić information content (AvgIpc) is 1.31. The first-order valence-electron chi connectivity index (χ1n) is 1.56. The maximum absolute atomic E-state index is 11.2. The van der Waals surface area contributed by atoms with E-state index in [1.165, 1.54) is 0 Å². The van der Waals surface area contributed by atoms with Crippen molar-refractivity contribution in [3.05, 3.63) is 0 Å². The van der Waals surface area contributed by atoms with Crippen LogP contribution in [0.25, 0.3) is 0 Å². The van der Waals surface area contributed by atoms with Gasteiger partial charge < -0.3 is 5.11 Å². The zero-order valence-electron chi connectivity index (χ0n) is 3.63. The first kappa shape index (κ1) is 6.84. The number of aliphatic hydroxyl groups is 1. The van der Waals surface area contributed by atoms with E-state index in [0.29, 0.717) is 0 Å². The van der Waals surface area contributed by atoms with E-state index in [1.54, 1.807) is 0 Å². The largest absolute Gasteiger partial charge is 0.375 e. The number of halogens is 1. The zero-order chi connectivity index (χ0) is 6.08. The van der Waals surface area contributed by atoms with Gasteiger partial charge in [0.1, 0.15) is 0 Å². The predicted octanol–water partition coefficient (Wildman–Crippen LogP) is -0.376. The van der Waals surface area contributed by atoms with Crippen LogP contribution in [-0.2, 0) is 10.2 Å². The highest BCUT2D eigenvalue weighted by atomic mass is 32.3. The van der Waals surface area contributed by atoms with Gasteiger partial charge in [-0.3, -0.25) is 0 Å². The minimum Gasteiger partial charge on any atom is -0.375 e. The molecule has 0 radical (unpaired) electrons. The van der Waals surface area contributed by atoms with Gasteiger partial charge in [-0.2, -0.15) is 8.42 Å². The molecule has 1 unspecified atom stereocenters. The van der Waals surface area contributed by atoms with Gasteiger partial charge >= 0.3 is 10.2 Å². The Morgan fingerprint density at radius 1 is 1.71 bits per heavy atom. The molecular weight excluding hydrogens is 123 g/mol. The van der Waals surface area contributed by atoms with Crippen LogP contribution >= 0.6 is 0 Å². The zero-order valence-corrected chi connectivity index (χ0v) is 4.44. The molecule has 1 N–H and O–H groups in total. The molecular formula is C2H5FO3S. The Balaban J connectivity index is 4.10. The van der Waals surface area contributed by atoms with Crippen molar-refractivity contribution in [2.45, 2.75) is 12.4 Å². The predicted molar refractivity (Wildman–Crippen MR) is 21.7 cm³/mol. The minimum absolute atomic E-state index is 0.843. The van der Waals surface area contributed by atoms with Crippen molar-refractivity contribution in [3.8, 4) is 0 Å². The van der Waals surface area contributed by atoms with E-state index >= 15 is 0 Å². The standard InChI is InChI=1S/C2H5FO3S/c1-2(4)7(3,5)6/h2,4H,1H3. The third kappa shape index (κ3) is 2.52. The molecule has 0 spiro atoms. The van der Waals surface area contributed by atoms with E-state index in [4.69, 9.17) is 5.11 Å². The summed E-state index contributed by atoms with van der Waals surface area (Å²) in [5, 5.41) is 7.93. The molecule has 0 rings (SSSR count). The van der Waals surface area contributed by atoms with Crippen molar-refractivity contribution in [1.82, 2.24) is 0 Å². The van der Waals surface area contributed by atoms with Gasteiger partial charge in [-0.15, -0.1) is 3.89 Å². The van der Waals surface area contributed by atoms with Gasteiger partial charge in [0.15, 0.2) is 5.44 Å². The van der Waals surface area contributed by atoms with Gasteiger partial charge in [-0.25, -0.2) is 0 Å². The lowest BCUT2D eigenvalue weighted by atomic mass is 10.9. The molecule has 3 nitrogen and oxygen atoms in total. The Bertz CT molecular complexity index is 135. The van der Waals surface area contributed by atoms with Crippen molar-refractivity contribution in [1.29, 1.82) is 0 Å². The summed E-state index contributed by atoms with van der Waals surface area (Å²) in [6.45, 7) is 0.843. The summed E-state index contributed by atoms with van der Waals surface area (Å²) in [6.07, 6.45) is 0. The van der Waals surface area contributed by atoms with Crippen LogP contribution in [0.2, 0.25) is 0 Å². The lowest BCUT2D eigenvalue weighted by molar-refractivity contribution is 0.260. The molecule has 1 atom stereocenters. The van der Waals surface area contributed by atoms with Crippen LogP contribution in [0.15, 0.2) is 0 Å². The quantitative estimate of drug-likeness (QED) is 0.490. The Morgan fingerprint density at radius 2 is 1.86 bits per heavy atom. The van der Waals surface area contributed by atoms with Gasteiger partial charge in [0.25, 0.3) is 0 Å². The van der Waals surface area contributed by atoms with E-state index in [1.807, 2.05) is 0 Å². The third-order valence-electron chi connectivity index (χ3n) is 0.407. The van der Waals surface area contributed by atoms with Crippen LogP contribution in [0.4, 0.5) is 3.89 Å². The lowest BCUT2D eigenvalue weighted by Gasteiger charge is -1.91. The lowest BCUT2D eigenvalue weighted by Crippen LogP contribution is -2.09. The maximum Gasteiger partial charge on any atom is 0.329 e. The van der Waals surface area contributed by atoms with Gasteiger partial charge in [0.05, 0.1) is 0 Å². The SMILES string of the molecule is CC(O)S(=O)(=O)F. The Labute approximate surface area is 41.0 Å². The van der Waals surface area contributed by atoms with Crippen molar-refractivity contribution >= 4 is 10.2 Å². The molecule has 0 saturated carbocycles. The first-order chi connectivity index (χ1) is 2.94. The molecule has 0 aliphatic carbocycles. The topological polar surface area (TPSA) is 54.4 Å². The summed E-state index contributed by atoms with van der Waals surface area (Å²) in [7, 11) is -4.69. The molecule has 0 amide bonds. The maximum atomic E-state index is 11.2. The average molecular weight is 128 g/mol. The second-order valence-electron chi connectivity index (χ2n) is 1.07. The monoisotopic (exact) mass is 128 g/mol. The second kappa shape index (κ2) is 1.75. The molecule has 0 aliphatic rings. The van der Waals surface area contributed by atoms with Gasteiger partial charge in [-0.05, 0) is 6.92 Å². The number of aliphatic hydroxyl groups excluding tert-OH is 1. The smallest absolute Gasteiger partial charge is 0.329 e. The molecule has 7 heavy (non-hydrogen) atoms. The summed E-state index contributed by atoms with van der Waals surface area (Å²) in [5.74, 6) is 0. The molecule has 5 heteroatoms. The number of hydrogen-bond donors (Lipinski definition) is 1. The highest BCUT2D eigenvalue weighted by Gasteiger charge is 2.13. The van der Waals surface area contributed by atoms with E-state index in [0.717, 1.165) is 6.92 Å². The van der Waals surface area contributed by atoms with E-state index in [2.05, 4.69) is 0 Å². The molecule has 0 bridgehead atoms. The molecule has 0 aliphatic heterocycles. The van der Waals surface area contributed by atoms with Crippen molar-refractivity contribution in [3.63, 3.8) is 0 Å². The van der Waals surface area contributed by atoms with E-state index in [9.17, 15) is 12.3 Å². The molecule has 0 heterocycles. The molecule has 0 aromatic rings. The summed E-state index contributed by atoms with van der Waals surface area (Å²) >= 11 is 0. The third-order valence-corrected chi connectivity index (χ3v) is 1.22. The summed E-state index contributed by atoms with van der Waals surface area (Å²) in [5.41, 5.74) is -1.90. The number of hydrogen-bond acceptors (Lipinski definition) is 3.